The maximum absolute atomic E-state index is 14.3. The van der Waals surface area contributed by atoms with Crippen LogP contribution in [0.25, 0.3) is 11.1 Å². The SMILES string of the molecule is CC(C)c1ccc(-c2cc(C(C)(C)C)c(O)c3c2C[C@H]2C[C@H]4[C@H](N(C)C)C(=O)C(C(N)=O)C(=O)[C@@]4(O)C(=O)C2C3=O)cc1. The molecule has 3 aliphatic rings. The third kappa shape index (κ3) is 4.47. The molecule has 9 nitrogen and oxygen atoms in total. The molecule has 5 rings (SSSR count). The largest absolute Gasteiger partial charge is 0.507 e. The quantitative estimate of drug-likeness (QED) is 0.461. The lowest BCUT2D eigenvalue weighted by Gasteiger charge is -2.52. The first kappa shape index (κ1) is 30.8. The Kier molecular flexibility index (Phi) is 7.30. The van der Waals surface area contributed by atoms with Crippen molar-refractivity contribution in [2.75, 3.05) is 14.1 Å². The molecule has 0 aromatic heterocycles. The standard InChI is InChI=1S/C34H40N2O7/c1-15(2)16-8-10-17(11-9-16)19-14-22(33(3,4)5)27(37)24-20(19)12-18-13-21-26(36(6)7)29(39)25(32(35)42)31(41)34(21,43)30(40)23(18)28(24)38/h8-11,14-15,18,21,23,25-26,37,43H,12-13H2,1-7H3,(H2,35,42)/t18-,21-,23?,25?,26-,34-/m0/s1. The molecular formula is C34H40N2O7. The van der Waals surface area contributed by atoms with Crippen molar-refractivity contribution in [2.24, 2.45) is 29.4 Å². The van der Waals surface area contributed by atoms with E-state index in [0.717, 1.165) is 16.7 Å². The van der Waals surface area contributed by atoms with Gasteiger partial charge in [0.25, 0.3) is 0 Å². The van der Waals surface area contributed by atoms with Gasteiger partial charge in [-0.2, -0.15) is 0 Å². The van der Waals surface area contributed by atoms with Gasteiger partial charge in [0, 0.05) is 11.5 Å². The van der Waals surface area contributed by atoms with E-state index >= 15 is 0 Å². The van der Waals surface area contributed by atoms with E-state index in [9.17, 15) is 34.2 Å². The fourth-order valence-electron chi connectivity index (χ4n) is 7.55. The van der Waals surface area contributed by atoms with Crippen LogP contribution in [0.2, 0.25) is 0 Å². The van der Waals surface area contributed by atoms with E-state index in [4.69, 9.17) is 5.73 Å². The topological polar surface area (TPSA) is 155 Å². The first-order valence-corrected chi connectivity index (χ1v) is 14.8. The Balaban J connectivity index is 1.71. The highest BCUT2D eigenvalue weighted by molar-refractivity contribution is 6.32. The molecule has 0 heterocycles. The van der Waals surface area contributed by atoms with Gasteiger partial charge in [0.15, 0.2) is 34.7 Å². The Labute approximate surface area is 251 Å². The second-order valence-corrected chi connectivity index (χ2v) is 14.0. The van der Waals surface area contributed by atoms with Crippen LogP contribution < -0.4 is 5.73 Å². The van der Waals surface area contributed by atoms with E-state index in [1.54, 1.807) is 14.1 Å². The average Bonchev–Trinajstić information content (AvgIpc) is 2.90. The van der Waals surface area contributed by atoms with Gasteiger partial charge in [0.1, 0.15) is 5.75 Å². The Hall–Kier alpha value is -3.69. The van der Waals surface area contributed by atoms with Gasteiger partial charge in [-0.15, -0.1) is 0 Å². The summed E-state index contributed by atoms with van der Waals surface area (Å²) in [6.07, 6.45) is 0.225. The summed E-state index contributed by atoms with van der Waals surface area (Å²) in [5, 5.41) is 23.4. The summed E-state index contributed by atoms with van der Waals surface area (Å²) in [4.78, 5) is 69.1. The number of aliphatic hydroxyl groups is 1. The van der Waals surface area contributed by atoms with Gasteiger partial charge in [-0.25, -0.2) is 0 Å². The number of hydrogen-bond acceptors (Lipinski definition) is 8. The minimum atomic E-state index is -2.75. The number of fused-ring (bicyclic) bond motifs is 3. The number of primary amides is 1. The van der Waals surface area contributed by atoms with Crippen LogP contribution in [-0.2, 0) is 31.0 Å². The number of benzene rings is 2. The number of phenolic OH excluding ortho intramolecular Hbond substituents is 1. The molecule has 9 heteroatoms. The summed E-state index contributed by atoms with van der Waals surface area (Å²) in [5.74, 6) is -10.1. The zero-order chi connectivity index (χ0) is 31.9. The van der Waals surface area contributed by atoms with Crippen LogP contribution in [0.5, 0.6) is 5.75 Å². The molecule has 2 unspecified atom stereocenters. The van der Waals surface area contributed by atoms with Crippen molar-refractivity contribution in [3.8, 4) is 16.9 Å². The molecule has 2 aromatic carbocycles. The fourth-order valence-corrected chi connectivity index (χ4v) is 7.55. The maximum atomic E-state index is 14.3. The number of carbonyl (C=O) groups is 5. The number of Topliss-reactive ketones (excluding diaryl/α,β-unsaturated/α-hetero) is 4. The van der Waals surface area contributed by atoms with Crippen molar-refractivity contribution >= 4 is 29.0 Å². The molecule has 2 fully saturated rings. The lowest BCUT2D eigenvalue weighted by Crippen LogP contribution is -2.74. The number of likely N-dealkylation sites (N-methyl/N-ethyl adjacent to an activating group) is 1. The van der Waals surface area contributed by atoms with Gasteiger partial charge in [-0.1, -0.05) is 58.9 Å². The third-order valence-corrected chi connectivity index (χ3v) is 9.76. The molecule has 2 saturated carbocycles. The number of hydrogen-bond donors (Lipinski definition) is 3. The molecule has 1 amide bonds. The summed E-state index contributed by atoms with van der Waals surface area (Å²) in [5.41, 5.74) is 6.02. The molecule has 4 N–H and O–H groups in total. The molecule has 0 aliphatic heterocycles. The number of rotatable bonds is 4. The van der Waals surface area contributed by atoms with Gasteiger partial charge in [0.2, 0.25) is 5.91 Å². The fraction of sp³-hybridized carbons (Fsp3) is 0.500. The highest BCUT2D eigenvalue weighted by Crippen LogP contribution is 2.53. The van der Waals surface area contributed by atoms with Crippen LogP contribution >= 0.6 is 0 Å². The van der Waals surface area contributed by atoms with Crippen molar-refractivity contribution in [1.29, 1.82) is 0 Å². The van der Waals surface area contributed by atoms with Crippen LogP contribution in [0.4, 0.5) is 0 Å². The molecule has 2 aromatic rings. The molecule has 228 valence electrons. The number of carbonyl (C=O) groups excluding carboxylic acids is 5. The highest BCUT2D eigenvalue weighted by Gasteiger charge is 2.69. The Morgan fingerprint density at radius 1 is 1.05 bits per heavy atom. The minimum Gasteiger partial charge on any atom is -0.507 e. The summed E-state index contributed by atoms with van der Waals surface area (Å²) < 4.78 is 0. The summed E-state index contributed by atoms with van der Waals surface area (Å²) in [7, 11) is 3.14. The molecule has 43 heavy (non-hydrogen) atoms. The Morgan fingerprint density at radius 3 is 2.16 bits per heavy atom. The zero-order valence-corrected chi connectivity index (χ0v) is 25.7. The summed E-state index contributed by atoms with van der Waals surface area (Å²) in [6.45, 7) is 9.94. The van der Waals surface area contributed by atoms with Crippen LogP contribution in [0.15, 0.2) is 30.3 Å². The van der Waals surface area contributed by atoms with E-state index in [1.165, 1.54) is 4.90 Å². The third-order valence-electron chi connectivity index (χ3n) is 9.76. The number of nitrogens with zero attached hydrogens (tertiary/aromatic N) is 1. The lowest BCUT2D eigenvalue weighted by molar-refractivity contribution is -0.181. The van der Waals surface area contributed by atoms with Crippen LogP contribution in [0.1, 0.15) is 74.0 Å². The number of phenols is 1. The predicted molar refractivity (Wildman–Crippen MR) is 160 cm³/mol. The van der Waals surface area contributed by atoms with Gasteiger partial charge in [0.05, 0.1) is 17.5 Å². The smallest absolute Gasteiger partial charge is 0.235 e. The first-order valence-electron chi connectivity index (χ1n) is 14.8. The van der Waals surface area contributed by atoms with E-state index in [2.05, 4.69) is 13.8 Å². The zero-order valence-electron chi connectivity index (χ0n) is 25.7. The van der Waals surface area contributed by atoms with Crippen molar-refractivity contribution in [3.63, 3.8) is 0 Å². The van der Waals surface area contributed by atoms with Gasteiger partial charge in [-0.05, 0) is 72.5 Å². The van der Waals surface area contributed by atoms with Gasteiger partial charge in [-0.3, -0.25) is 28.9 Å². The van der Waals surface area contributed by atoms with Crippen LogP contribution in [-0.4, -0.2) is 69.9 Å². The Bertz CT molecular complexity index is 1570. The molecule has 0 saturated heterocycles. The van der Waals surface area contributed by atoms with E-state index in [0.29, 0.717) is 17.0 Å². The van der Waals surface area contributed by atoms with Gasteiger partial charge >= 0.3 is 0 Å². The van der Waals surface area contributed by atoms with Crippen LogP contribution in [0, 0.1) is 23.7 Å². The molecule has 3 aliphatic carbocycles. The van der Waals surface area contributed by atoms with Crippen molar-refractivity contribution in [2.45, 2.75) is 70.4 Å². The van der Waals surface area contributed by atoms with Gasteiger partial charge < -0.3 is 15.9 Å². The second-order valence-electron chi connectivity index (χ2n) is 14.0. The normalized spacial score (nSPS) is 29.0. The highest BCUT2D eigenvalue weighted by atomic mass is 16.3. The van der Waals surface area contributed by atoms with E-state index < -0.39 is 69.8 Å². The second kappa shape index (κ2) is 10.2. The van der Waals surface area contributed by atoms with Crippen molar-refractivity contribution in [1.82, 2.24) is 4.90 Å². The molecule has 0 radical (unpaired) electrons. The number of aromatic hydroxyl groups is 1. The number of ketones is 4. The predicted octanol–water partition coefficient (Wildman–Crippen LogP) is 2.95. The average molecular weight is 589 g/mol. The number of nitrogens with two attached hydrogens (primary N) is 1. The molecule has 0 bridgehead atoms. The molecule has 6 atom stereocenters. The molecular weight excluding hydrogens is 548 g/mol. The minimum absolute atomic E-state index is 0.0113. The monoisotopic (exact) mass is 588 g/mol. The van der Waals surface area contributed by atoms with E-state index in [-0.39, 0.29) is 24.2 Å². The van der Waals surface area contributed by atoms with Crippen molar-refractivity contribution < 1.29 is 34.2 Å². The lowest BCUT2D eigenvalue weighted by atomic mass is 9.52. The maximum Gasteiger partial charge on any atom is 0.235 e. The summed E-state index contributed by atoms with van der Waals surface area (Å²) in [6, 6.07) is 8.80. The summed E-state index contributed by atoms with van der Waals surface area (Å²) >= 11 is 0. The van der Waals surface area contributed by atoms with Crippen molar-refractivity contribution in [3.05, 3.63) is 52.6 Å². The first-order chi connectivity index (χ1) is 19.9. The van der Waals surface area contributed by atoms with E-state index in [1.807, 2.05) is 51.1 Å². The molecule has 0 spiro atoms. The number of amides is 1. The Morgan fingerprint density at radius 2 is 1.65 bits per heavy atom. The van der Waals surface area contributed by atoms with Crippen LogP contribution in [0.3, 0.4) is 0 Å².